The van der Waals surface area contributed by atoms with Crippen molar-refractivity contribution < 1.29 is 23.9 Å². The van der Waals surface area contributed by atoms with Crippen molar-refractivity contribution in [3.63, 3.8) is 0 Å². The number of amides is 3. The second kappa shape index (κ2) is 8.20. The molecule has 3 amide bonds. The molecule has 0 bridgehead atoms. The van der Waals surface area contributed by atoms with Crippen LogP contribution in [0.15, 0.2) is 6.07 Å². The number of Topliss-reactive ketones (excluding diaryl/α,β-unsaturated/α-hetero) is 1. The van der Waals surface area contributed by atoms with E-state index in [9.17, 15) is 19.2 Å². The first-order valence-electron chi connectivity index (χ1n) is 10.5. The first-order chi connectivity index (χ1) is 14.1. The lowest BCUT2D eigenvalue weighted by molar-refractivity contribution is -0.147. The quantitative estimate of drug-likeness (QED) is 0.454. The average molecular weight is 415 g/mol. The molecular weight excluding hydrogens is 384 g/mol. The van der Waals surface area contributed by atoms with Crippen molar-refractivity contribution in [3.8, 4) is 0 Å². The molecule has 1 N–H and O–H groups in total. The van der Waals surface area contributed by atoms with Gasteiger partial charge in [0.2, 0.25) is 5.78 Å². The number of esters is 1. The Labute approximate surface area is 177 Å². The lowest BCUT2D eigenvalue weighted by atomic mass is 9.73. The number of hydrogen-bond donors (Lipinski definition) is 1. The largest absolute Gasteiger partial charge is 0.456 e. The number of aryl methyl sites for hydroxylation is 1. The molecule has 162 valence electrons. The van der Waals surface area contributed by atoms with Crippen molar-refractivity contribution >= 4 is 23.7 Å². The van der Waals surface area contributed by atoms with Crippen LogP contribution in [0.25, 0.3) is 0 Å². The summed E-state index contributed by atoms with van der Waals surface area (Å²) in [5, 5.41) is 2.80. The Hall–Kier alpha value is -2.70. The summed E-state index contributed by atoms with van der Waals surface area (Å²) < 4.78 is 5.12. The number of hydrogen-bond acceptors (Lipinski definition) is 5. The Morgan fingerprint density at radius 1 is 1.13 bits per heavy atom. The minimum Gasteiger partial charge on any atom is -0.456 e. The monoisotopic (exact) mass is 414 g/mol. The molecule has 1 spiro atoms. The van der Waals surface area contributed by atoms with Crippen molar-refractivity contribution in [1.29, 1.82) is 0 Å². The van der Waals surface area contributed by atoms with Crippen LogP contribution in [0.1, 0.15) is 65.2 Å². The minimum atomic E-state index is -0.917. The van der Waals surface area contributed by atoms with Crippen molar-refractivity contribution in [3.05, 3.63) is 33.9 Å². The molecule has 1 saturated heterocycles. The van der Waals surface area contributed by atoms with Gasteiger partial charge in [-0.15, -0.1) is 0 Å². The number of ketones is 1. The molecule has 2 fully saturated rings. The van der Waals surface area contributed by atoms with Gasteiger partial charge in [0.1, 0.15) is 12.1 Å². The molecule has 2 aliphatic rings. The summed E-state index contributed by atoms with van der Waals surface area (Å²) in [6.45, 7) is 8.80. The van der Waals surface area contributed by atoms with Crippen molar-refractivity contribution in [2.45, 2.75) is 65.8 Å². The van der Waals surface area contributed by atoms with E-state index in [2.05, 4.69) is 5.32 Å². The van der Waals surface area contributed by atoms with Crippen LogP contribution in [0.3, 0.4) is 0 Å². The molecule has 1 aliphatic carbocycles. The third-order valence-electron chi connectivity index (χ3n) is 6.93. The standard InChI is InChI=1S/C23H30N2O5/c1-13-10-18(17(5)16(4)15(13)3)19(26)12-30-20(27)11-25-21(28)23(24-22(25)29)9-7-6-8-14(23)2/h10,14H,6-9,11-12H2,1-5H3,(H,24,29)/t14-,23+/m1/s1. The Morgan fingerprint density at radius 3 is 2.50 bits per heavy atom. The molecule has 2 atom stereocenters. The molecular formula is C23H30N2O5. The van der Waals surface area contributed by atoms with E-state index in [1.165, 1.54) is 0 Å². The fraction of sp³-hybridized carbons (Fsp3) is 0.565. The number of carbonyl (C=O) groups excluding carboxylic acids is 4. The van der Waals surface area contributed by atoms with Crippen LogP contribution in [0, 0.1) is 33.6 Å². The van der Waals surface area contributed by atoms with E-state index in [-0.39, 0.29) is 17.6 Å². The van der Waals surface area contributed by atoms with E-state index in [0.717, 1.165) is 46.4 Å². The van der Waals surface area contributed by atoms with E-state index in [1.54, 1.807) is 6.07 Å². The highest BCUT2D eigenvalue weighted by molar-refractivity contribution is 6.09. The molecule has 0 radical (unpaired) electrons. The first-order valence-corrected chi connectivity index (χ1v) is 10.5. The molecule has 0 aromatic heterocycles. The van der Waals surface area contributed by atoms with Crippen LogP contribution >= 0.6 is 0 Å². The van der Waals surface area contributed by atoms with E-state index < -0.39 is 30.7 Å². The van der Waals surface area contributed by atoms with Crippen molar-refractivity contribution in [1.82, 2.24) is 10.2 Å². The summed E-state index contributed by atoms with van der Waals surface area (Å²) in [4.78, 5) is 51.1. The van der Waals surface area contributed by atoms with Crippen molar-refractivity contribution in [2.75, 3.05) is 13.2 Å². The number of benzene rings is 1. The van der Waals surface area contributed by atoms with Crippen molar-refractivity contribution in [2.24, 2.45) is 5.92 Å². The second-order valence-corrected chi connectivity index (χ2v) is 8.64. The number of imide groups is 1. The van der Waals surface area contributed by atoms with E-state index in [1.807, 2.05) is 34.6 Å². The summed E-state index contributed by atoms with van der Waals surface area (Å²) in [6, 6.07) is 1.23. The van der Waals surface area contributed by atoms with Crippen LogP contribution in [0.2, 0.25) is 0 Å². The average Bonchev–Trinajstić information content (AvgIpc) is 2.94. The number of rotatable bonds is 5. The summed E-state index contributed by atoms with van der Waals surface area (Å²) in [6.07, 6.45) is 3.31. The van der Waals surface area contributed by atoms with Crippen LogP contribution in [-0.4, -0.2) is 47.3 Å². The number of urea groups is 1. The van der Waals surface area contributed by atoms with Gasteiger partial charge in [0.25, 0.3) is 5.91 Å². The molecule has 7 heteroatoms. The lowest BCUT2D eigenvalue weighted by Gasteiger charge is -2.36. The van der Waals surface area contributed by atoms with Gasteiger partial charge in [0, 0.05) is 5.56 Å². The van der Waals surface area contributed by atoms with Crippen LogP contribution in [-0.2, 0) is 14.3 Å². The zero-order chi connectivity index (χ0) is 22.2. The van der Waals surface area contributed by atoms with Gasteiger partial charge in [-0.2, -0.15) is 0 Å². The van der Waals surface area contributed by atoms with Gasteiger partial charge in [0.05, 0.1) is 0 Å². The van der Waals surface area contributed by atoms with Crippen LogP contribution in [0.5, 0.6) is 0 Å². The number of nitrogens with zero attached hydrogens (tertiary/aromatic N) is 1. The van der Waals surface area contributed by atoms with Gasteiger partial charge < -0.3 is 10.1 Å². The van der Waals surface area contributed by atoms with Gasteiger partial charge in [0.15, 0.2) is 6.61 Å². The number of ether oxygens (including phenoxy) is 1. The molecule has 7 nitrogen and oxygen atoms in total. The molecule has 1 aliphatic heterocycles. The summed E-state index contributed by atoms with van der Waals surface area (Å²) in [5.74, 6) is -1.43. The minimum absolute atomic E-state index is 0.0151. The molecule has 1 heterocycles. The van der Waals surface area contributed by atoms with Gasteiger partial charge in [-0.25, -0.2) is 4.79 Å². The highest BCUT2D eigenvalue weighted by Crippen LogP contribution is 2.38. The van der Waals surface area contributed by atoms with Gasteiger partial charge in [-0.1, -0.05) is 19.8 Å². The first kappa shape index (κ1) is 22.0. The summed E-state index contributed by atoms with van der Waals surface area (Å²) in [7, 11) is 0. The lowest BCUT2D eigenvalue weighted by Crippen LogP contribution is -2.54. The highest BCUT2D eigenvalue weighted by Gasteiger charge is 2.55. The smallest absolute Gasteiger partial charge is 0.326 e. The highest BCUT2D eigenvalue weighted by atomic mass is 16.5. The maximum Gasteiger partial charge on any atom is 0.326 e. The van der Waals surface area contributed by atoms with Gasteiger partial charge >= 0.3 is 12.0 Å². The predicted octanol–water partition coefficient (Wildman–Crippen LogP) is 3.15. The fourth-order valence-corrected chi connectivity index (χ4v) is 4.54. The summed E-state index contributed by atoms with van der Waals surface area (Å²) in [5.41, 5.74) is 3.63. The Kier molecular flexibility index (Phi) is 6.01. The Morgan fingerprint density at radius 2 is 1.83 bits per heavy atom. The Bertz CT molecular complexity index is 923. The maximum absolute atomic E-state index is 12.9. The number of nitrogens with one attached hydrogen (secondary N) is 1. The summed E-state index contributed by atoms with van der Waals surface area (Å²) >= 11 is 0. The maximum atomic E-state index is 12.9. The SMILES string of the molecule is Cc1cc(C(=O)COC(=O)CN2C(=O)N[C@]3(CCCC[C@H]3C)C2=O)c(C)c(C)c1C. The third-order valence-corrected chi connectivity index (χ3v) is 6.93. The molecule has 1 aromatic carbocycles. The molecule has 1 saturated carbocycles. The van der Waals surface area contributed by atoms with E-state index >= 15 is 0 Å². The van der Waals surface area contributed by atoms with E-state index in [4.69, 9.17) is 4.74 Å². The predicted molar refractivity (Wildman–Crippen MR) is 111 cm³/mol. The molecule has 1 aromatic rings. The Balaban J connectivity index is 1.63. The molecule has 30 heavy (non-hydrogen) atoms. The molecule has 0 unspecified atom stereocenters. The van der Waals surface area contributed by atoms with Crippen LogP contribution in [0.4, 0.5) is 4.79 Å². The molecule has 3 rings (SSSR count). The van der Waals surface area contributed by atoms with Crippen LogP contribution < -0.4 is 5.32 Å². The van der Waals surface area contributed by atoms with Gasteiger partial charge in [-0.3, -0.25) is 19.3 Å². The topological polar surface area (TPSA) is 92.8 Å². The number of carbonyl (C=O) groups is 4. The second-order valence-electron chi connectivity index (χ2n) is 8.64. The zero-order valence-corrected chi connectivity index (χ0v) is 18.4. The third kappa shape index (κ3) is 3.73. The van der Waals surface area contributed by atoms with Gasteiger partial charge in [-0.05, 0) is 74.8 Å². The fourth-order valence-electron chi connectivity index (χ4n) is 4.54. The van der Waals surface area contributed by atoms with E-state index in [0.29, 0.717) is 12.0 Å². The normalized spacial score (nSPS) is 23.6. The zero-order valence-electron chi connectivity index (χ0n) is 18.4.